The lowest BCUT2D eigenvalue weighted by atomic mass is 10.0. The summed E-state index contributed by atoms with van der Waals surface area (Å²) in [5.41, 5.74) is 1.27. The summed E-state index contributed by atoms with van der Waals surface area (Å²) in [6.07, 6.45) is 2.58. The maximum absolute atomic E-state index is 12.1. The Labute approximate surface area is 121 Å². The quantitative estimate of drug-likeness (QED) is 0.900. The fourth-order valence-electron chi connectivity index (χ4n) is 1.79. The van der Waals surface area contributed by atoms with Crippen LogP contribution in [-0.4, -0.2) is 27.0 Å². The Bertz CT molecular complexity index is 666. The van der Waals surface area contributed by atoms with Crippen molar-refractivity contribution < 1.29 is 14.7 Å². The molecule has 1 heterocycles. The molecule has 21 heavy (non-hydrogen) atoms. The van der Waals surface area contributed by atoms with Crippen LogP contribution in [0.2, 0.25) is 0 Å². The van der Waals surface area contributed by atoms with Crippen LogP contribution in [0.15, 0.2) is 36.7 Å². The molecule has 0 aliphatic carbocycles. The van der Waals surface area contributed by atoms with Crippen molar-refractivity contribution >= 4 is 17.7 Å². The Morgan fingerprint density at radius 1 is 1.10 bits per heavy atom. The molecular weight excluding hydrogens is 270 g/mol. The number of anilines is 1. The third-order valence-corrected chi connectivity index (χ3v) is 2.97. The number of aromatic carboxylic acids is 1. The summed E-state index contributed by atoms with van der Waals surface area (Å²) in [6, 6.07) is 7.13. The van der Waals surface area contributed by atoms with Gasteiger partial charge in [-0.05, 0) is 23.6 Å². The number of amides is 1. The Hall–Kier alpha value is -2.76. The topological polar surface area (TPSA) is 92.2 Å². The molecule has 1 aromatic heterocycles. The number of carboxylic acid groups (broad SMARTS) is 1. The van der Waals surface area contributed by atoms with Gasteiger partial charge in [0.15, 0.2) is 11.5 Å². The van der Waals surface area contributed by atoms with Crippen molar-refractivity contribution in [1.29, 1.82) is 0 Å². The van der Waals surface area contributed by atoms with Crippen LogP contribution in [0.1, 0.15) is 46.2 Å². The highest BCUT2D eigenvalue weighted by Crippen LogP contribution is 2.16. The zero-order valence-corrected chi connectivity index (χ0v) is 11.7. The number of hydrogen-bond acceptors (Lipinski definition) is 4. The predicted octanol–water partition coefficient (Wildman–Crippen LogP) is 2.55. The number of nitrogens with zero attached hydrogens (tertiary/aromatic N) is 2. The molecule has 0 saturated carbocycles. The van der Waals surface area contributed by atoms with E-state index in [1.807, 2.05) is 12.1 Å². The van der Waals surface area contributed by atoms with Crippen LogP contribution in [0.4, 0.5) is 5.82 Å². The first kappa shape index (κ1) is 14.6. The third-order valence-electron chi connectivity index (χ3n) is 2.97. The second kappa shape index (κ2) is 6.13. The van der Waals surface area contributed by atoms with E-state index in [0.29, 0.717) is 11.5 Å². The highest BCUT2D eigenvalue weighted by atomic mass is 16.4. The van der Waals surface area contributed by atoms with Crippen LogP contribution < -0.4 is 5.32 Å². The van der Waals surface area contributed by atoms with Crippen molar-refractivity contribution in [3.05, 3.63) is 53.5 Å². The summed E-state index contributed by atoms with van der Waals surface area (Å²) in [6.45, 7) is 4.13. The Kier molecular flexibility index (Phi) is 4.27. The highest BCUT2D eigenvalue weighted by molar-refractivity contribution is 6.06. The van der Waals surface area contributed by atoms with E-state index >= 15 is 0 Å². The first-order chi connectivity index (χ1) is 9.99. The van der Waals surface area contributed by atoms with Crippen LogP contribution in [-0.2, 0) is 0 Å². The van der Waals surface area contributed by atoms with E-state index in [4.69, 9.17) is 5.11 Å². The monoisotopic (exact) mass is 285 g/mol. The molecule has 0 saturated heterocycles. The molecule has 6 nitrogen and oxygen atoms in total. The van der Waals surface area contributed by atoms with E-state index < -0.39 is 11.9 Å². The molecule has 2 N–H and O–H groups in total. The fraction of sp³-hybridized carbons (Fsp3) is 0.200. The van der Waals surface area contributed by atoms with E-state index in [0.717, 1.165) is 5.56 Å². The normalized spacial score (nSPS) is 10.4. The van der Waals surface area contributed by atoms with Gasteiger partial charge in [0.25, 0.3) is 5.91 Å². The van der Waals surface area contributed by atoms with Crippen LogP contribution in [0, 0.1) is 0 Å². The fourth-order valence-corrected chi connectivity index (χ4v) is 1.79. The minimum Gasteiger partial charge on any atom is -0.476 e. The zero-order chi connectivity index (χ0) is 15.4. The number of carbonyl (C=O) groups is 2. The summed E-state index contributed by atoms with van der Waals surface area (Å²) in [7, 11) is 0. The summed E-state index contributed by atoms with van der Waals surface area (Å²) in [5, 5.41) is 11.5. The second-order valence-electron chi connectivity index (χ2n) is 4.79. The number of benzene rings is 1. The van der Waals surface area contributed by atoms with Crippen molar-refractivity contribution in [2.24, 2.45) is 0 Å². The molecule has 0 atom stereocenters. The first-order valence-electron chi connectivity index (χ1n) is 6.44. The van der Waals surface area contributed by atoms with E-state index in [9.17, 15) is 9.59 Å². The number of rotatable bonds is 4. The number of carbonyl (C=O) groups excluding carboxylic acids is 1. The maximum atomic E-state index is 12.1. The van der Waals surface area contributed by atoms with Gasteiger partial charge in [-0.2, -0.15) is 0 Å². The molecule has 0 aliphatic rings. The lowest BCUT2D eigenvalue weighted by Crippen LogP contribution is -2.17. The van der Waals surface area contributed by atoms with Gasteiger partial charge in [0.1, 0.15) is 0 Å². The van der Waals surface area contributed by atoms with Crippen molar-refractivity contribution in [1.82, 2.24) is 9.97 Å². The first-order valence-corrected chi connectivity index (χ1v) is 6.44. The van der Waals surface area contributed by atoms with Crippen molar-refractivity contribution in [2.75, 3.05) is 5.32 Å². The Balaban J connectivity index is 2.20. The molecule has 0 unspecified atom stereocenters. The van der Waals surface area contributed by atoms with Crippen LogP contribution in [0.3, 0.4) is 0 Å². The minimum atomic E-state index is -1.24. The van der Waals surface area contributed by atoms with Gasteiger partial charge >= 0.3 is 5.97 Å². The summed E-state index contributed by atoms with van der Waals surface area (Å²) in [5.74, 6) is -1.36. The van der Waals surface area contributed by atoms with Gasteiger partial charge in [-0.1, -0.05) is 26.0 Å². The van der Waals surface area contributed by atoms with Crippen molar-refractivity contribution in [3.8, 4) is 0 Å². The van der Waals surface area contributed by atoms with Crippen LogP contribution in [0.5, 0.6) is 0 Å². The summed E-state index contributed by atoms with van der Waals surface area (Å²) in [4.78, 5) is 30.6. The van der Waals surface area contributed by atoms with E-state index in [1.165, 1.54) is 12.4 Å². The van der Waals surface area contributed by atoms with Gasteiger partial charge in [0.2, 0.25) is 0 Å². The maximum Gasteiger partial charge on any atom is 0.358 e. The third kappa shape index (κ3) is 3.42. The molecule has 0 fully saturated rings. The second-order valence-corrected chi connectivity index (χ2v) is 4.79. The molecule has 0 spiro atoms. The largest absolute Gasteiger partial charge is 0.476 e. The van der Waals surface area contributed by atoms with Gasteiger partial charge < -0.3 is 10.4 Å². The molecule has 0 radical (unpaired) electrons. The SMILES string of the molecule is CC(C)c1ccc(C(=O)Nc2nccnc2C(=O)O)cc1. The van der Waals surface area contributed by atoms with Gasteiger partial charge in [0.05, 0.1) is 0 Å². The summed E-state index contributed by atoms with van der Waals surface area (Å²) >= 11 is 0. The molecule has 1 amide bonds. The lowest BCUT2D eigenvalue weighted by Gasteiger charge is -2.08. The number of hydrogen-bond donors (Lipinski definition) is 2. The number of aromatic nitrogens is 2. The molecule has 2 rings (SSSR count). The zero-order valence-electron chi connectivity index (χ0n) is 11.7. The molecular formula is C15H15N3O3. The Morgan fingerprint density at radius 2 is 1.71 bits per heavy atom. The van der Waals surface area contributed by atoms with Crippen molar-refractivity contribution in [2.45, 2.75) is 19.8 Å². The van der Waals surface area contributed by atoms with Crippen LogP contribution in [0.25, 0.3) is 0 Å². The van der Waals surface area contributed by atoms with E-state index in [2.05, 4.69) is 29.1 Å². The molecule has 0 aliphatic heterocycles. The van der Waals surface area contributed by atoms with Gasteiger partial charge in [-0.25, -0.2) is 14.8 Å². The molecule has 6 heteroatoms. The van der Waals surface area contributed by atoms with Gasteiger partial charge in [0, 0.05) is 18.0 Å². The Morgan fingerprint density at radius 3 is 2.29 bits per heavy atom. The molecule has 2 aromatic rings. The van der Waals surface area contributed by atoms with E-state index in [1.54, 1.807) is 12.1 Å². The van der Waals surface area contributed by atoms with E-state index in [-0.39, 0.29) is 11.5 Å². The average Bonchev–Trinajstić information content (AvgIpc) is 2.47. The molecule has 0 bridgehead atoms. The summed E-state index contributed by atoms with van der Waals surface area (Å²) < 4.78 is 0. The molecule has 1 aromatic carbocycles. The number of nitrogens with one attached hydrogen (secondary N) is 1. The highest BCUT2D eigenvalue weighted by Gasteiger charge is 2.16. The minimum absolute atomic E-state index is 0.0667. The van der Waals surface area contributed by atoms with Crippen molar-refractivity contribution in [3.63, 3.8) is 0 Å². The predicted molar refractivity (Wildman–Crippen MR) is 77.5 cm³/mol. The van der Waals surface area contributed by atoms with Gasteiger partial charge in [-0.15, -0.1) is 0 Å². The average molecular weight is 285 g/mol. The lowest BCUT2D eigenvalue weighted by molar-refractivity contribution is 0.0691. The smallest absolute Gasteiger partial charge is 0.358 e. The van der Waals surface area contributed by atoms with Crippen LogP contribution >= 0.6 is 0 Å². The number of carboxylic acids is 1. The van der Waals surface area contributed by atoms with Gasteiger partial charge in [-0.3, -0.25) is 4.79 Å². The standard InChI is InChI=1S/C15H15N3O3/c1-9(2)10-3-5-11(6-4-10)14(19)18-13-12(15(20)21)16-7-8-17-13/h3-9H,1-2H3,(H,20,21)(H,17,18,19). The molecule has 108 valence electrons.